The molecule has 0 aromatic carbocycles. The number of hydrogen-bond acceptors (Lipinski definition) is 2. The Balaban J connectivity index is 4.11. The van der Waals surface area contributed by atoms with Crippen LogP contribution in [0.15, 0.2) is 0 Å². The molecule has 0 atom stereocenters. The first-order valence-electron chi connectivity index (χ1n) is 7.85. The van der Waals surface area contributed by atoms with Gasteiger partial charge in [-0.3, -0.25) is 0 Å². The van der Waals surface area contributed by atoms with E-state index in [4.69, 9.17) is 4.43 Å². The Kier molecular flexibility index (Phi) is 10.0. The molecule has 0 N–H and O–H groups in total. The molecule has 1 nitrogen and oxygen atoms in total. The second-order valence-electron chi connectivity index (χ2n) is 5.18. The Morgan fingerprint density at radius 1 is 0.722 bits per heavy atom. The molecule has 0 rings (SSSR count). The fraction of sp³-hybridized carbons (Fsp3) is 1.00. The Hall–Kier alpha value is 0.744. The molecule has 0 aromatic rings. The third-order valence-corrected chi connectivity index (χ3v) is 19.3. The van der Waals surface area contributed by atoms with Crippen molar-refractivity contribution >= 4 is 26.8 Å². The van der Waals surface area contributed by atoms with Crippen LogP contribution in [0.1, 0.15) is 41.5 Å². The van der Waals surface area contributed by atoms with E-state index in [1.807, 2.05) is 0 Å². The van der Waals surface area contributed by atoms with Crippen molar-refractivity contribution in [1.82, 2.24) is 0 Å². The Morgan fingerprint density at radius 2 is 1.17 bits per heavy atom. The van der Waals surface area contributed by atoms with Gasteiger partial charge >= 0.3 is 0 Å². The summed E-state index contributed by atoms with van der Waals surface area (Å²) in [7, 11) is -2.33. The SMILES string of the molecule is CC[Si](CC)(CC)OCCS[Si](CC)(CC)CC. The number of hydrogen-bond donors (Lipinski definition) is 0. The van der Waals surface area contributed by atoms with Crippen LogP contribution in [0.25, 0.3) is 0 Å². The zero-order valence-corrected chi connectivity index (χ0v) is 16.3. The molecule has 0 aliphatic heterocycles. The molecule has 18 heavy (non-hydrogen) atoms. The normalized spacial score (nSPS) is 13.0. The van der Waals surface area contributed by atoms with Gasteiger partial charge < -0.3 is 4.43 Å². The maximum atomic E-state index is 6.35. The summed E-state index contributed by atoms with van der Waals surface area (Å²) in [6, 6.07) is 8.10. The third kappa shape index (κ3) is 5.39. The highest BCUT2D eigenvalue weighted by molar-refractivity contribution is 8.29. The molecule has 0 saturated heterocycles. The van der Waals surface area contributed by atoms with Gasteiger partial charge in [-0.05, 0) is 18.1 Å². The topological polar surface area (TPSA) is 9.23 Å². The molecule has 0 unspecified atom stereocenters. The van der Waals surface area contributed by atoms with Crippen LogP contribution >= 0.6 is 11.2 Å². The average Bonchev–Trinajstić information content (AvgIpc) is 2.45. The molecule has 0 heterocycles. The summed E-state index contributed by atoms with van der Waals surface area (Å²) in [4.78, 5) is 0. The second kappa shape index (κ2) is 9.62. The molecule has 0 aliphatic rings. The van der Waals surface area contributed by atoms with Crippen molar-refractivity contribution in [3.05, 3.63) is 0 Å². The Labute approximate surface area is 121 Å². The van der Waals surface area contributed by atoms with E-state index >= 15 is 0 Å². The van der Waals surface area contributed by atoms with Crippen LogP contribution in [0, 0.1) is 0 Å². The van der Waals surface area contributed by atoms with E-state index in [-0.39, 0.29) is 0 Å². The molecule has 0 bridgehead atoms. The van der Waals surface area contributed by atoms with Crippen molar-refractivity contribution in [1.29, 1.82) is 0 Å². The number of rotatable bonds is 11. The van der Waals surface area contributed by atoms with Gasteiger partial charge in [-0.1, -0.05) is 59.7 Å². The highest BCUT2D eigenvalue weighted by Crippen LogP contribution is 2.32. The summed E-state index contributed by atoms with van der Waals surface area (Å²) >= 11 is 2.28. The van der Waals surface area contributed by atoms with E-state index in [9.17, 15) is 0 Å². The molecule has 0 fully saturated rings. The standard InChI is InChI=1S/C14H34OSSi2/c1-7-17(8-2,9-3)15-13-14-16-18(10-4,11-5)12-6/h7-14H2,1-6H3. The van der Waals surface area contributed by atoms with Crippen molar-refractivity contribution in [3.63, 3.8) is 0 Å². The van der Waals surface area contributed by atoms with Gasteiger partial charge in [0.05, 0.1) is 0 Å². The quantitative estimate of drug-likeness (QED) is 0.355. The second-order valence-corrected chi connectivity index (χ2v) is 18.6. The Morgan fingerprint density at radius 3 is 1.50 bits per heavy atom. The molecule has 110 valence electrons. The van der Waals surface area contributed by atoms with Gasteiger partial charge in [0.15, 0.2) is 8.32 Å². The van der Waals surface area contributed by atoms with Crippen molar-refractivity contribution in [2.75, 3.05) is 12.4 Å². The smallest absolute Gasteiger partial charge is 0.192 e. The maximum absolute atomic E-state index is 6.35. The van der Waals surface area contributed by atoms with Gasteiger partial charge in [-0.2, -0.15) is 11.2 Å². The van der Waals surface area contributed by atoms with Crippen LogP contribution < -0.4 is 0 Å². The predicted octanol–water partition coefficient (Wildman–Crippen LogP) is 5.75. The first-order valence-corrected chi connectivity index (χ1v) is 14.7. The van der Waals surface area contributed by atoms with E-state index in [1.54, 1.807) is 0 Å². The largest absolute Gasteiger partial charge is 0.416 e. The first-order chi connectivity index (χ1) is 8.57. The van der Waals surface area contributed by atoms with E-state index in [0.29, 0.717) is 0 Å². The summed E-state index contributed by atoms with van der Waals surface area (Å²) in [5.41, 5.74) is 0. The summed E-state index contributed by atoms with van der Waals surface area (Å²) < 4.78 is 6.35. The molecule has 0 saturated carbocycles. The van der Waals surface area contributed by atoms with Gasteiger partial charge in [0, 0.05) is 12.4 Å². The van der Waals surface area contributed by atoms with Gasteiger partial charge in [-0.15, -0.1) is 0 Å². The maximum Gasteiger partial charge on any atom is 0.192 e. The average molecular weight is 307 g/mol. The molecular weight excluding hydrogens is 272 g/mol. The predicted molar refractivity (Wildman–Crippen MR) is 92.8 cm³/mol. The lowest BCUT2D eigenvalue weighted by molar-refractivity contribution is 0.325. The van der Waals surface area contributed by atoms with E-state index in [2.05, 4.69) is 52.8 Å². The zero-order chi connectivity index (χ0) is 14.1. The minimum atomic E-state index is -1.34. The molecular formula is C14H34OSSi2. The monoisotopic (exact) mass is 306 g/mol. The van der Waals surface area contributed by atoms with Gasteiger partial charge in [0.2, 0.25) is 0 Å². The minimum Gasteiger partial charge on any atom is -0.416 e. The van der Waals surface area contributed by atoms with Crippen LogP contribution in [0.5, 0.6) is 0 Å². The summed E-state index contributed by atoms with van der Waals surface area (Å²) in [5.74, 6) is 1.23. The fourth-order valence-electron chi connectivity index (χ4n) is 2.63. The molecule has 0 radical (unpaired) electrons. The fourth-order valence-corrected chi connectivity index (χ4v) is 11.5. The summed E-state index contributed by atoms with van der Waals surface area (Å²) in [5, 5.41) is 0. The van der Waals surface area contributed by atoms with E-state index in [0.717, 1.165) is 6.61 Å². The molecule has 0 spiro atoms. The van der Waals surface area contributed by atoms with E-state index in [1.165, 1.54) is 42.0 Å². The van der Waals surface area contributed by atoms with Crippen LogP contribution in [0.2, 0.25) is 36.3 Å². The lowest BCUT2D eigenvalue weighted by Gasteiger charge is -2.30. The minimum absolute atomic E-state index is 0.992. The van der Waals surface area contributed by atoms with Crippen LogP contribution in [-0.2, 0) is 4.43 Å². The zero-order valence-electron chi connectivity index (χ0n) is 13.5. The highest BCUT2D eigenvalue weighted by Gasteiger charge is 2.30. The van der Waals surface area contributed by atoms with Crippen molar-refractivity contribution in [3.8, 4) is 0 Å². The van der Waals surface area contributed by atoms with Crippen LogP contribution in [0.4, 0.5) is 0 Å². The van der Waals surface area contributed by atoms with Gasteiger partial charge in [-0.25, -0.2) is 0 Å². The van der Waals surface area contributed by atoms with Crippen LogP contribution in [-0.4, -0.2) is 27.9 Å². The third-order valence-electron chi connectivity index (χ3n) is 4.77. The van der Waals surface area contributed by atoms with Crippen molar-refractivity contribution in [2.45, 2.75) is 77.8 Å². The summed E-state index contributed by atoms with van der Waals surface area (Å²) in [6.45, 7) is 15.1. The molecule has 0 amide bonds. The summed E-state index contributed by atoms with van der Waals surface area (Å²) in [6.07, 6.45) is 0. The lowest BCUT2D eigenvalue weighted by Crippen LogP contribution is -2.37. The van der Waals surface area contributed by atoms with Gasteiger partial charge in [0.25, 0.3) is 0 Å². The first kappa shape index (κ1) is 18.7. The lowest BCUT2D eigenvalue weighted by atomic mass is 10.9. The van der Waals surface area contributed by atoms with E-state index < -0.39 is 15.5 Å². The van der Waals surface area contributed by atoms with Crippen molar-refractivity contribution in [2.24, 2.45) is 0 Å². The highest BCUT2D eigenvalue weighted by atomic mass is 32.4. The van der Waals surface area contributed by atoms with Crippen molar-refractivity contribution < 1.29 is 4.43 Å². The molecule has 0 aromatic heterocycles. The molecule has 4 heteroatoms. The van der Waals surface area contributed by atoms with Gasteiger partial charge in [0.1, 0.15) is 7.22 Å². The van der Waals surface area contributed by atoms with Crippen LogP contribution in [0.3, 0.4) is 0 Å². The molecule has 0 aliphatic carbocycles. The Bertz CT molecular complexity index is 165.